The van der Waals surface area contributed by atoms with Crippen LogP contribution >= 0.6 is 0 Å². The van der Waals surface area contributed by atoms with Gasteiger partial charge in [0.25, 0.3) is 0 Å². The van der Waals surface area contributed by atoms with E-state index >= 15 is 0 Å². The van der Waals surface area contributed by atoms with Crippen molar-refractivity contribution in [3.63, 3.8) is 0 Å². The number of rotatable bonds is 3. The van der Waals surface area contributed by atoms with E-state index in [0.29, 0.717) is 18.3 Å². The number of halogens is 3. The van der Waals surface area contributed by atoms with Gasteiger partial charge < -0.3 is 0 Å². The highest BCUT2D eigenvalue weighted by Crippen LogP contribution is 2.30. The van der Waals surface area contributed by atoms with Gasteiger partial charge in [-0.05, 0) is 29.9 Å². The van der Waals surface area contributed by atoms with Crippen LogP contribution < -0.4 is 0 Å². The van der Waals surface area contributed by atoms with E-state index in [2.05, 4.69) is 20.8 Å². The lowest BCUT2D eigenvalue weighted by Crippen LogP contribution is -2.09. The quantitative estimate of drug-likeness (QED) is 0.715. The zero-order chi connectivity index (χ0) is 12.3. The minimum absolute atomic E-state index is 0.392. The Balaban J connectivity index is 2.83. The fraction of sp³-hybridized carbons (Fsp3) is 0.538. The lowest BCUT2D eigenvalue weighted by Gasteiger charge is -2.16. The van der Waals surface area contributed by atoms with E-state index in [0.717, 1.165) is 11.6 Å². The molecule has 0 saturated heterocycles. The Bertz CT molecular complexity index is 339. The third-order valence-corrected chi connectivity index (χ3v) is 2.95. The van der Waals surface area contributed by atoms with E-state index in [9.17, 15) is 13.2 Å². The molecule has 0 fully saturated rings. The maximum Gasteiger partial charge on any atom is 0.416 e. The van der Waals surface area contributed by atoms with Crippen LogP contribution in [0.4, 0.5) is 13.2 Å². The summed E-state index contributed by atoms with van der Waals surface area (Å²) in [5.74, 6) is 0.873. The molecule has 1 atom stereocenters. The molecule has 0 aliphatic heterocycles. The van der Waals surface area contributed by atoms with Crippen molar-refractivity contribution in [1.82, 2.24) is 0 Å². The Morgan fingerprint density at radius 2 is 1.75 bits per heavy atom. The van der Waals surface area contributed by atoms with Gasteiger partial charge in [0, 0.05) is 0 Å². The molecule has 0 bridgehead atoms. The first-order valence-corrected chi connectivity index (χ1v) is 5.47. The van der Waals surface area contributed by atoms with Crippen molar-refractivity contribution in [2.45, 2.75) is 33.4 Å². The Morgan fingerprint density at radius 3 is 2.25 bits per heavy atom. The Kier molecular flexibility index (Phi) is 4.00. The minimum Gasteiger partial charge on any atom is -0.166 e. The minimum atomic E-state index is -4.24. The predicted molar refractivity (Wildman–Crippen MR) is 59.2 cm³/mol. The zero-order valence-electron chi connectivity index (χ0n) is 9.81. The molecule has 0 aliphatic carbocycles. The van der Waals surface area contributed by atoms with E-state index in [1.807, 2.05) is 0 Å². The van der Waals surface area contributed by atoms with Crippen LogP contribution in [0.25, 0.3) is 0 Å². The summed E-state index contributed by atoms with van der Waals surface area (Å²) in [6.45, 7) is 6.22. The van der Waals surface area contributed by atoms with Gasteiger partial charge in [-0.3, -0.25) is 0 Å². The smallest absolute Gasteiger partial charge is 0.166 e. The molecule has 1 rings (SSSR count). The highest BCUT2D eigenvalue weighted by atomic mass is 19.4. The highest BCUT2D eigenvalue weighted by Gasteiger charge is 2.30. The fourth-order valence-corrected chi connectivity index (χ4v) is 1.48. The second kappa shape index (κ2) is 4.89. The van der Waals surface area contributed by atoms with Crippen LogP contribution in [0.15, 0.2) is 24.3 Å². The zero-order valence-corrected chi connectivity index (χ0v) is 9.81. The Hall–Kier alpha value is -0.990. The van der Waals surface area contributed by atoms with Crippen molar-refractivity contribution < 1.29 is 13.2 Å². The van der Waals surface area contributed by atoms with Gasteiger partial charge in [0.2, 0.25) is 0 Å². The molecular weight excluding hydrogens is 213 g/mol. The third kappa shape index (κ3) is 3.54. The molecule has 0 spiro atoms. The number of alkyl halides is 3. The van der Waals surface area contributed by atoms with E-state index < -0.39 is 11.7 Å². The van der Waals surface area contributed by atoms with E-state index in [4.69, 9.17) is 0 Å². The second-order valence-electron chi connectivity index (χ2n) is 4.62. The molecule has 16 heavy (non-hydrogen) atoms. The Morgan fingerprint density at radius 1 is 1.12 bits per heavy atom. The third-order valence-electron chi connectivity index (χ3n) is 2.95. The van der Waals surface area contributed by atoms with E-state index in [-0.39, 0.29) is 0 Å². The summed E-state index contributed by atoms with van der Waals surface area (Å²) in [6.07, 6.45) is -3.54. The van der Waals surface area contributed by atoms with Crippen LogP contribution in [-0.4, -0.2) is 0 Å². The molecule has 0 aromatic heterocycles. The largest absolute Gasteiger partial charge is 0.416 e. The lowest BCUT2D eigenvalue weighted by atomic mass is 9.90. The molecule has 90 valence electrons. The van der Waals surface area contributed by atoms with Crippen molar-refractivity contribution in [3.05, 3.63) is 35.4 Å². The van der Waals surface area contributed by atoms with Crippen LogP contribution in [-0.2, 0) is 12.6 Å². The average Bonchev–Trinajstić information content (AvgIpc) is 2.16. The monoisotopic (exact) mass is 230 g/mol. The normalized spacial score (nSPS) is 14.2. The van der Waals surface area contributed by atoms with Crippen molar-refractivity contribution in [2.24, 2.45) is 11.8 Å². The van der Waals surface area contributed by atoms with Crippen LogP contribution in [0.2, 0.25) is 0 Å². The first-order chi connectivity index (χ1) is 7.30. The molecule has 0 radical (unpaired) electrons. The molecule has 3 heteroatoms. The summed E-state index contributed by atoms with van der Waals surface area (Å²) in [5.41, 5.74) is 0.206. The predicted octanol–water partition coefficient (Wildman–Crippen LogP) is 4.54. The van der Waals surface area contributed by atoms with Gasteiger partial charge in [0.15, 0.2) is 0 Å². The number of hydrogen-bond acceptors (Lipinski definition) is 0. The molecule has 0 aliphatic rings. The van der Waals surface area contributed by atoms with Crippen molar-refractivity contribution in [3.8, 4) is 0 Å². The van der Waals surface area contributed by atoms with Gasteiger partial charge in [-0.15, -0.1) is 0 Å². The van der Waals surface area contributed by atoms with Crippen molar-refractivity contribution >= 4 is 0 Å². The van der Waals surface area contributed by atoms with E-state index in [1.165, 1.54) is 12.1 Å². The van der Waals surface area contributed by atoms with Crippen LogP contribution in [0.3, 0.4) is 0 Å². The number of benzene rings is 1. The number of hydrogen-bond donors (Lipinski definition) is 0. The Labute approximate surface area is 94.5 Å². The summed E-state index contributed by atoms with van der Waals surface area (Å²) in [7, 11) is 0. The molecule has 1 aromatic rings. The molecule has 0 saturated carbocycles. The lowest BCUT2D eigenvalue weighted by molar-refractivity contribution is -0.137. The molecule has 1 unspecified atom stereocenters. The average molecular weight is 230 g/mol. The van der Waals surface area contributed by atoms with Crippen molar-refractivity contribution in [1.29, 1.82) is 0 Å². The van der Waals surface area contributed by atoms with Gasteiger partial charge in [-0.1, -0.05) is 39.0 Å². The molecular formula is C13H17F3. The summed E-state index contributed by atoms with van der Waals surface area (Å²) < 4.78 is 37.4. The standard InChI is InChI=1S/C13H17F3/c1-9(2)10(3)7-11-5-4-6-12(8-11)13(14,15)16/h4-6,8-10H,7H2,1-3H3. The maximum absolute atomic E-state index is 12.5. The van der Waals surface area contributed by atoms with Crippen LogP contribution in [0.5, 0.6) is 0 Å². The van der Waals surface area contributed by atoms with Crippen LogP contribution in [0, 0.1) is 11.8 Å². The summed E-state index contributed by atoms with van der Waals surface area (Å²) in [6, 6.07) is 5.60. The van der Waals surface area contributed by atoms with E-state index in [1.54, 1.807) is 6.07 Å². The summed E-state index contributed by atoms with van der Waals surface area (Å²) in [5, 5.41) is 0. The topological polar surface area (TPSA) is 0 Å². The molecule has 0 nitrogen and oxygen atoms in total. The van der Waals surface area contributed by atoms with Gasteiger partial charge >= 0.3 is 6.18 Å². The fourth-order valence-electron chi connectivity index (χ4n) is 1.48. The molecule has 0 heterocycles. The molecule has 1 aromatic carbocycles. The van der Waals surface area contributed by atoms with Crippen molar-refractivity contribution in [2.75, 3.05) is 0 Å². The molecule has 0 N–H and O–H groups in total. The first kappa shape index (κ1) is 13.1. The second-order valence-corrected chi connectivity index (χ2v) is 4.62. The first-order valence-electron chi connectivity index (χ1n) is 5.47. The summed E-state index contributed by atoms with van der Waals surface area (Å²) in [4.78, 5) is 0. The van der Waals surface area contributed by atoms with Gasteiger partial charge in [0.05, 0.1) is 5.56 Å². The van der Waals surface area contributed by atoms with Gasteiger partial charge in [-0.2, -0.15) is 13.2 Å². The maximum atomic E-state index is 12.5. The van der Waals surface area contributed by atoms with Gasteiger partial charge in [-0.25, -0.2) is 0 Å². The van der Waals surface area contributed by atoms with Gasteiger partial charge in [0.1, 0.15) is 0 Å². The molecule has 0 amide bonds. The van der Waals surface area contributed by atoms with Crippen LogP contribution in [0.1, 0.15) is 31.9 Å². The summed E-state index contributed by atoms with van der Waals surface area (Å²) >= 11 is 0. The SMILES string of the molecule is CC(C)C(C)Cc1cccc(C(F)(F)F)c1. The highest BCUT2D eigenvalue weighted by molar-refractivity contribution is 5.25.